The van der Waals surface area contributed by atoms with Crippen molar-refractivity contribution < 1.29 is 21.6 Å². The van der Waals surface area contributed by atoms with Crippen LogP contribution in [0.1, 0.15) is 56.4 Å². The highest BCUT2D eigenvalue weighted by molar-refractivity contribution is 7.90. The quantitative estimate of drug-likeness (QED) is 0.591. The Hall–Kier alpha value is -2.15. The minimum Gasteiger partial charge on any atom is -0.255 e. The van der Waals surface area contributed by atoms with Gasteiger partial charge in [0.2, 0.25) is 0 Å². The van der Waals surface area contributed by atoms with Gasteiger partial charge in [-0.05, 0) is 72.1 Å². The largest absolute Gasteiger partial charge is 0.416 e. The Labute approximate surface area is 169 Å². The number of halogens is 3. The summed E-state index contributed by atoms with van der Waals surface area (Å²) in [6, 6.07) is 8.48. The van der Waals surface area contributed by atoms with Gasteiger partial charge < -0.3 is 0 Å². The Bertz CT molecular complexity index is 1020. The zero-order valence-corrected chi connectivity index (χ0v) is 17.5. The standard InChI is InChI=1S/C22H24F3NO2S/c1-4-21(5-2)12-18(15-6-8-16(9-7-15)22(23,24)25)19(13-21)20-11-10-17(14-26-20)29(3,27)28/h6-11,14H,4-5,12-13H2,1-3H3. The Morgan fingerprint density at radius 1 is 0.966 bits per heavy atom. The van der Waals surface area contributed by atoms with Crippen molar-refractivity contribution in [2.45, 2.75) is 50.6 Å². The van der Waals surface area contributed by atoms with E-state index in [2.05, 4.69) is 18.8 Å². The summed E-state index contributed by atoms with van der Waals surface area (Å²) < 4.78 is 62.2. The van der Waals surface area contributed by atoms with E-state index in [0.29, 0.717) is 5.69 Å². The number of benzene rings is 1. The van der Waals surface area contributed by atoms with Crippen molar-refractivity contribution in [3.05, 3.63) is 59.4 Å². The monoisotopic (exact) mass is 423 g/mol. The average molecular weight is 424 g/mol. The molecule has 1 aromatic heterocycles. The molecular weight excluding hydrogens is 399 g/mol. The van der Waals surface area contributed by atoms with Gasteiger partial charge in [0.25, 0.3) is 0 Å². The maximum Gasteiger partial charge on any atom is 0.416 e. The van der Waals surface area contributed by atoms with Gasteiger partial charge in [-0.3, -0.25) is 4.98 Å². The van der Waals surface area contributed by atoms with E-state index in [-0.39, 0.29) is 10.3 Å². The summed E-state index contributed by atoms with van der Waals surface area (Å²) in [5, 5.41) is 0. The van der Waals surface area contributed by atoms with Gasteiger partial charge in [-0.1, -0.05) is 26.0 Å². The molecule has 1 aliphatic carbocycles. The van der Waals surface area contributed by atoms with E-state index in [1.165, 1.54) is 24.4 Å². The number of sulfone groups is 1. The van der Waals surface area contributed by atoms with Crippen LogP contribution in [0.5, 0.6) is 0 Å². The van der Waals surface area contributed by atoms with Crippen molar-refractivity contribution in [1.29, 1.82) is 0 Å². The normalized spacial score (nSPS) is 17.0. The van der Waals surface area contributed by atoms with Crippen molar-refractivity contribution in [3.63, 3.8) is 0 Å². The SMILES string of the molecule is CCC1(CC)CC(c2ccc(C(F)(F)F)cc2)=C(c2ccc(S(C)(=O)=O)cn2)C1. The number of rotatable bonds is 5. The van der Waals surface area contributed by atoms with Crippen LogP contribution in [0.25, 0.3) is 11.1 Å². The molecular formula is C22H24F3NO2S. The third kappa shape index (κ3) is 4.39. The van der Waals surface area contributed by atoms with Crippen LogP contribution in [-0.4, -0.2) is 19.7 Å². The predicted octanol–water partition coefficient (Wildman–Crippen LogP) is 6.01. The maximum absolute atomic E-state index is 12.9. The first-order valence-corrected chi connectivity index (χ1v) is 11.4. The summed E-state index contributed by atoms with van der Waals surface area (Å²) in [7, 11) is -3.34. The van der Waals surface area contributed by atoms with Gasteiger partial charge in [-0.25, -0.2) is 8.42 Å². The molecule has 1 heterocycles. The molecule has 3 rings (SSSR count). The highest BCUT2D eigenvalue weighted by Crippen LogP contribution is 2.53. The van der Waals surface area contributed by atoms with Gasteiger partial charge in [0.05, 0.1) is 16.2 Å². The lowest BCUT2D eigenvalue weighted by molar-refractivity contribution is -0.137. The molecule has 156 valence electrons. The van der Waals surface area contributed by atoms with E-state index < -0.39 is 21.6 Å². The van der Waals surface area contributed by atoms with Crippen molar-refractivity contribution in [1.82, 2.24) is 4.98 Å². The number of nitrogens with zero attached hydrogens (tertiary/aromatic N) is 1. The molecule has 0 spiro atoms. The van der Waals surface area contributed by atoms with Gasteiger partial charge in [0.1, 0.15) is 0 Å². The summed E-state index contributed by atoms with van der Waals surface area (Å²) >= 11 is 0. The fourth-order valence-electron chi connectivity index (χ4n) is 3.94. The van der Waals surface area contributed by atoms with Crippen molar-refractivity contribution in [2.24, 2.45) is 5.41 Å². The van der Waals surface area contributed by atoms with Crippen LogP contribution in [0, 0.1) is 5.41 Å². The van der Waals surface area contributed by atoms with Crippen LogP contribution in [0.4, 0.5) is 13.2 Å². The molecule has 29 heavy (non-hydrogen) atoms. The molecule has 0 saturated heterocycles. The van der Waals surface area contributed by atoms with Crippen molar-refractivity contribution in [2.75, 3.05) is 6.26 Å². The highest BCUT2D eigenvalue weighted by atomic mass is 32.2. The van der Waals surface area contributed by atoms with Crippen LogP contribution in [-0.2, 0) is 16.0 Å². The van der Waals surface area contributed by atoms with E-state index in [0.717, 1.165) is 60.8 Å². The van der Waals surface area contributed by atoms with Gasteiger partial charge in [0.15, 0.2) is 9.84 Å². The molecule has 1 aliphatic rings. The van der Waals surface area contributed by atoms with E-state index >= 15 is 0 Å². The first kappa shape index (κ1) is 21.6. The zero-order chi connectivity index (χ0) is 21.4. The number of hydrogen-bond donors (Lipinski definition) is 0. The highest BCUT2D eigenvalue weighted by Gasteiger charge is 2.37. The molecule has 0 saturated carbocycles. The third-order valence-corrected chi connectivity index (χ3v) is 7.10. The second-order valence-electron chi connectivity index (χ2n) is 7.74. The van der Waals surface area contributed by atoms with Crippen LogP contribution >= 0.6 is 0 Å². The summed E-state index contributed by atoms with van der Waals surface area (Å²) in [6.45, 7) is 4.24. The van der Waals surface area contributed by atoms with Crippen LogP contribution in [0.3, 0.4) is 0 Å². The topological polar surface area (TPSA) is 47.0 Å². The molecule has 0 fully saturated rings. The van der Waals surface area contributed by atoms with Gasteiger partial charge in [-0.15, -0.1) is 0 Å². The summed E-state index contributed by atoms with van der Waals surface area (Å²) in [5.41, 5.74) is 2.76. The van der Waals surface area contributed by atoms with Gasteiger partial charge in [-0.2, -0.15) is 13.2 Å². The number of alkyl halides is 3. The molecule has 3 nitrogen and oxygen atoms in total. The minimum absolute atomic E-state index is 0.0323. The van der Waals surface area contributed by atoms with E-state index in [9.17, 15) is 21.6 Å². The van der Waals surface area contributed by atoms with Crippen molar-refractivity contribution >= 4 is 21.0 Å². The van der Waals surface area contributed by atoms with Crippen LogP contribution < -0.4 is 0 Å². The maximum atomic E-state index is 12.9. The Morgan fingerprint density at radius 2 is 1.55 bits per heavy atom. The Kier molecular flexibility index (Phi) is 5.64. The molecule has 0 atom stereocenters. The minimum atomic E-state index is -4.37. The number of pyridine rings is 1. The second-order valence-corrected chi connectivity index (χ2v) is 9.76. The molecule has 0 amide bonds. The third-order valence-electron chi connectivity index (χ3n) is 6.00. The lowest BCUT2D eigenvalue weighted by Crippen LogP contribution is -2.14. The smallest absolute Gasteiger partial charge is 0.255 e. The Balaban J connectivity index is 2.08. The molecule has 0 unspecified atom stereocenters. The average Bonchev–Trinajstić information content (AvgIpc) is 3.07. The molecule has 0 N–H and O–H groups in total. The molecule has 0 aliphatic heterocycles. The summed E-state index contributed by atoms with van der Waals surface area (Å²) in [5.74, 6) is 0. The van der Waals surface area contributed by atoms with Gasteiger partial charge in [0, 0.05) is 12.5 Å². The number of hydrogen-bond acceptors (Lipinski definition) is 3. The lowest BCUT2D eigenvalue weighted by atomic mass is 9.78. The molecule has 7 heteroatoms. The number of allylic oxidation sites excluding steroid dienone is 2. The van der Waals surface area contributed by atoms with Gasteiger partial charge >= 0.3 is 6.18 Å². The fraction of sp³-hybridized carbons (Fsp3) is 0.409. The van der Waals surface area contributed by atoms with Crippen LogP contribution in [0.2, 0.25) is 0 Å². The molecule has 1 aromatic carbocycles. The zero-order valence-electron chi connectivity index (χ0n) is 16.7. The number of aromatic nitrogens is 1. The first-order chi connectivity index (χ1) is 13.5. The van der Waals surface area contributed by atoms with Crippen molar-refractivity contribution in [3.8, 4) is 0 Å². The second kappa shape index (κ2) is 7.59. The predicted molar refractivity (Wildman–Crippen MR) is 108 cm³/mol. The summed E-state index contributed by atoms with van der Waals surface area (Å²) in [6.07, 6.45) is 1.52. The van der Waals surface area contributed by atoms with E-state index in [1.54, 1.807) is 6.07 Å². The lowest BCUT2D eigenvalue weighted by Gasteiger charge is -2.26. The van der Waals surface area contributed by atoms with Crippen LogP contribution in [0.15, 0.2) is 47.5 Å². The van der Waals surface area contributed by atoms with E-state index in [4.69, 9.17) is 0 Å². The fourth-order valence-corrected chi connectivity index (χ4v) is 4.50. The molecule has 2 aromatic rings. The first-order valence-electron chi connectivity index (χ1n) is 9.55. The van der Waals surface area contributed by atoms with E-state index in [1.807, 2.05) is 0 Å². The molecule has 0 bridgehead atoms. The Morgan fingerprint density at radius 3 is 2.00 bits per heavy atom. The molecule has 0 radical (unpaired) electrons. The summed E-state index contributed by atoms with van der Waals surface area (Å²) in [4.78, 5) is 4.52.